The van der Waals surface area contributed by atoms with Crippen LogP contribution in [0.1, 0.15) is 23.2 Å². The molecule has 0 bridgehead atoms. The smallest absolute Gasteiger partial charge is 0.306 e. The van der Waals surface area contributed by atoms with Gasteiger partial charge in [0.1, 0.15) is 5.75 Å². The standard InChI is InChI=1S/C14H17ClN2O4/c1-21-12-7-11(16)10(15)6-9(12)13(18)17-4-2-8(3-5-17)14(19)20/h6-8H,2-5,16H2,1H3,(H,19,20). The Hall–Kier alpha value is -1.95. The summed E-state index contributed by atoms with van der Waals surface area (Å²) in [6.45, 7) is 0.807. The van der Waals surface area contributed by atoms with Crippen LogP contribution in [0.4, 0.5) is 5.69 Å². The fourth-order valence-electron chi connectivity index (χ4n) is 2.41. The van der Waals surface area contributed by atoms with Crippen molar-refractivity contribution < 1.29 is 19.4 Å². The second kappa shape index (κ2) is 6.22. The van der Waals surface area contributed by atoms with Crippen LogP contribution in [0.15, 0.2) is 12.1 Å². The van der Waals surface area contributed by atoms with Crippen LogP contribution in [-0.4, -0.2) is 42.1 Å². The lowest BCUT2D eigenvalue weighted by Gasteiger charge is -2.30. The summed E-state index contributed by atoms with van der Waals surface area (Å²) in [6, 6.07) is 3.00. The van der Waals surface area contributed by atoms with Gasteiger partial charge in [0.15, 0.2) is 0 Å². The molecule has 3 N–H and O–H groups in total. The van der Waals surface area contributed by atoms with Crippen molar-refractivity contribution in [2.24, 2.45) is 5.92 Å². The number of likely N-dealkylation sites (tertiary alicyclic amines) is 1. The number of anilines is 1. The minimum atomic E-state index is -0.810. The number of hydrogen-bond acceptors (Lipinski definition) is 4. The number of nitrogen functional groups attached to an aromatic ring is 1. The number of carboxylic acids is 1. The molecule has 114 valence electrons. The van der Waals surface area contributed by atoms with Crippen molar-refractivity contribution in [3.8, 4) is 5.75 Å². The third-order valence-corrected chi connectivity index (χ3v) is 4.01. The molecule has 0 aliphatic carbocycles. The Labute approximate surface area is 127 Å². The van der Waals surface area contributed by atoms with Crippen LogP contribution in [-0.2, 0) is 4.79 Å². The molecule has 0 atom stereocenters. The minimum absolute atomic E-state index is 0.224. The number of benzene rings is 1. The van der Waals surface area contributed by atoms with Crippen molar-refractivity contribution in [1.29, 1.82) is 0 Å². The number of aliphatic carboxylic acids is 1. The molecule has 1 heterocycles. The van der Waals surface area contributed by atoms with Crippen LogP contribution in [0.5, 0.6) is 5.75 Å². The van der Waals surface area contributed by atoms with Gasteiger partial charge in [0.2, 0.25) is 0 Å². The van der Waals surface area contributed by atoms with Gasteiger partial charge in [-0.25, -0.2) is 0 Å². The van der Waals surface area contributed by atoms with Gasteiger partial charge in [-0.3, -0.25) is 9.59 Å². The number of hydrogen-bond donors (Lipinski definition) is 2. The predicted molar refractivity (Wildman–Crippen MR) is 78.7 cm³/mol. The van der Waals surface area contributed by atoms with Gasteiger partial charge in [-0.1, -0.05) is 11.6 Å². The third-order valence-electron chi connectivity index (χ3n) is 3.68. The Balaban J connectivity index is 2.18. The maximum atomic E-state index is 12.5. The van der Waals surface area contributed by atoms with Crippen LogP contribution < -0.4 is 10.5 Å². The van der Waals surface area contributed by atoms with E-state index in [1.54, 1.807) is 4.90 Å². The molecule has 2 rings (SSSR count). The summed E-state index contributed by atoms with van der Waals surface area (Å²) in [5.74, 6) is -1.05. The van der Waals surface area contributed by atoms with E-state index in [1.807, 2.05) is 0 Å². The second-order valence-electron chi connectivity index (χ2n) is 4.98. The molecule has 1 aliphatic rings. The molecule has 0 unspecified atom stereocenters. The van der Waals surface area contributed by atoms with Crippen LogP contribution in [0.2, 0.25) is 5.02 Å². The molecular formula is C14H17ClN2O4. The van der Waals surface area contributed by atoms with E-state index in [2.05, 4.69) is 0 Å². The number of carbonyl (C=O) groups is 2. The monoisotopic (exact) mass is 312 g/mol. The largest absolute Gasteiger partial charge is 0.496 e. The number of piperidine rings is 1. The van der Waals surface area contributed by atoms with Crippen LogP contribution in [0, 0.1) is 5.92 Å². The number of ether oxygens (including phenoxy) is 1. The first-order chi connectivity index (χ1) is 9.93. The molecule has 1 fully saturated rings. The van der Waals surface area contributed by atoms with Gasteiger partial charge >= 0.3 is 5.97 Å². The molecule has 0 aromatic heterocycles. The highest BCUT2D eigenvalue weighted by atomic mass is 35.5. The number of nitrogens with zero attached hydrogens (tertiary/aromatic N) is 1. The van der Waals surface area contributed by atoms with Crippen molar-refractivity contribution in [1.82, 2.24) is 4.90 Å². The first-order valence-electron chi connectivity index (χ1n) is 6.59. The van der Waals surface area contributed by atoms with Crippen molar-refractivity contribution in [2.45, 2.75) is 12.8 Å². The van der Waals surface area contributed by atoms with Gasteiger partial charge < -0.3 is 20.5 Å². The van der Waals surface area contributed by atoms with Gasteiger partial charge in [-0.15, -0.1) is 0 Å². The van der Waals surface area contributed by atoms with Crippen LogP contribution in [0.3, 0.4) is 0 Å². The van der Waals surface area contributed by atoms with E-state index in [0.29, 0.717) is 48.0 Å². The van der Waals surface area contributed by atoms with Crippen molar-refractivity contribution in [3.05, 3.63) is 22.7 Å². The second-order valence-corrected chi connectivity index (χ2v) is 5.39. The van der Waals surface area contributed by atoms with Crippen molar-refractivity contribution in [3.63, 3.8) is 0 Å². The molecule has 6 nitrogen and oxygen atoms in total. The number of halogens is 1. The zero-order valence-electron chi connectivity index (χ0n) is 11.6. The Kier molecular flexibility index (Phi) is 4.57. The average molecular weight is 313 g/mol. The van der Waals surface area contributed by atoms with Gasteiger partial charge in [0.05, 0.1) is 29.3 Å². The molecule has 0 radical (unpaired) electrons. The number of rotatable bonds is 3. The van der Waals surface area contributed by atoms with E-state index in [1.165, 1.54) is 19.2 Å². The summed E-state index contributed by atoms with van der Waals surface area (Å²) in [6.07, 6.45) is 0.901. The van der Waals surface area contributed by atoms with Gasteiger partial charge in [0, 0.05) is 19.2 Å². The third kappa shape index (κ3) is 3.21. The van der Waals surface area contributed by atoms with E-state index >= 15 is 0 Å². The van der Waals surface area contributed by atoms with Crippen LogP contribution in [0.25, 0.3) is 0 Å². The number of nitrogens with two attached hydrogens (primary N) is 1. The fraction of sp³-hybridized carbons (Fsp3) is 0.429. The topological polar surface area (TPSA) is 92.9 Å². The predicted octanol–water partition coefficient (Wildman–Crippen LogP) is 1.87. The molecule has 1 aliphatic heterocycles. The summed E-state index contributed by atoms with van der Waals surface area (Å²) < 4.78 is 5.17. The highest BCUT2D eigenvalue weighted by molar-refractivity contribution is 6.33. The zero-order valence-corrected chi connectivity index (χ0v) is 12.4. The maximum Gasteiger partial charge on any atom is 0.306 e. The highest BCUT2D eigenvalue weighted by Crippen LogP contribution is 2.30. The first kappa shape index (κ1) is 15.4. The van der Waals surface area contributed by atoms with E-state index < -0.39 is 5.97 Å². The number of amides is 1. The fourth-order valence-corrected chi connectivity index (χ4v) is 2.57. The van der Waals surface area contributed by atoms with Gasteiger partial charge in [-0.05, 0) is 18.9 Å². The average Bonchev–Trinajstić information content (AvgIpc) is 2.49. The lowest BCUT2D eigenvalue weighted by atomic mass is 9.96. The van der Waals surface area contributed by atoms with Crippen LogP contribution >= 0.6 is 11.6 Å². The Morgan fingerprint density at radius 1 is 1.38 bits per heavy atom. The molecule has 0 saturated carbocycles. The first-order valence-corrected chi connectivity index (χ1v) is 6.97. The summed E-state index contributed by atoms with van der Waals surface area (Å²) in [7, 11) is 1.45. The normalized spacial score (nSPS) is 15.8. The van der Waals surface area contributed by atoms with Gasteiger partial charge in [0.25, 0.3) is 5.91 Å². The summed E-state index contributed by atoms with van der Waals surface area (Å²) in [5.41, 5.74) is 6.37. The number of carboxylic acid groups (broad SMARTS) is 1. The number of carbonyl (C=O) groups excluding carboxylic acids is 1. The molecule has 1 aromatic rings. The summed E-state index contributed by atoms with van der Waals surface area (Å²) in [4.78, 5) is 25.1. The minimum Gasteiger partial charge on any atom is -0.496 e. The maximum absolute atomic E-state index is 12.5. The molecule has 1 amide bonds. The Bertz CT molecular complexity index is 568. The lowest BCUT2D eigenvalue weighted by molar-refractivity contribution is -0.143. The number of methoxy groups -OCH3 is 1. The van der Waals surface area contributed by atoms with Crippen molar-refractivity contribution >= 4 is 29.2 Å². The highest BCUT2D eigenvalue weighted by Gasteiger charge is 2.29. The molecule has 21 heavy (non-hydrogen) atoms. The Morgan fingerprint density at radius 3 is 2.52 bits per heavy atom. The molecule has 1 saturated heterocycles. The molecular weight excluding hydrogens is 296 g/mol. The molecule has 0 spiro atoms. The summed E-state index contributed by atoms with van der Waals surface area (Å²) in [5, 5.41) is 9.27. The van der Waals surface area contributed by atoms with E-state index in [4.69, 9.17) is 27.2 Å². The SMILES string of the molecule is COc1cc(N)c(Cl)cc1C(=O)N1CCC(C(=O)O)CC1. The van der Waals surface area contributed by atoms with E-state index in [0.717, 1.165) is 0 Å². The Morgan fingerprint density at radius 2 is 2.00 bits per heavy atom. The quantitative estimate of drug-likeness (QED) is 0.831. The van der Waals surface area contributed by atoms with Crippen molar-refractivity contribution in [2.75, 3.05) is 25.9 Å². The zero-order chi connectivity index (χ0) is 15.6. The molecule has 7 heteroatoms. The summed E-state index contributed by atoms with van der Waals surface area (Å²) >= 11 is 5.96. The van der Waals surface area contributed by atoms with E-state index in [-0.39, 0.29) is 11.8 Å². The van der Waals surface area contributed by atoms with E-state index in [9.17, 15) is 9.59 Å². The van der Waals surface area contributed by atoms with Gasteiger partial charge in [-0.2, -0.15) is 0 Å². The lowest BCUT2D eigenvalue weighted by Crippen LogP contribution is -2.40. The molecule has 1 aromatic carbocycles.